The van der Waals surface area contributed by atoms with Crippen LogP contribution in [0.3, 0.4) is 0 Å². The molecule has 0 radical (unpaired) electrons. The van der Waals surface area contributed by atoms with Crippen LogP contribution in [0.4, 0.5) is 0 Å². The van der Waals surface area contributed by atoms with Crippen LogP contribution in [-0.2, 0) is 4.79 Å². The van der Waals surface area contributed by atoms with E-state index in [1.165, 1.54) is 25.7 Å². The lowest BCUT2D eigenvalue weighted by Gasteiger charge is -2.19. The number of nitrogens with zero attached hydrogens (tertiary/aromatic N) is 1. The Morgan fingerprint density at radius 2 is 1.60 bits per heavy atom. The average Bonchev–Trinajstić information content (AvgIpc) is 2.25. The SMILES string of the molecule is CCCCCCCC(=O)NN(CC)CC. The molecule has 0 aliphatic carbocycles. The van der Waals surface area contributed by atoms with E-state index in [1.54, 1.807) is 0 Å². The first-order valence-corrected chi connectivity index (χ1v) is 6.29. The van der Waals surface area contributed by atoms with Gasteiger partial charge in [0, 0.05) is 19.5 Å². The Hall–Kier alpha value is -0.570. The Balaban J connectivity index is 3.40. The molecule has 0 spiro atoms. The highest BCUT2D eigenvalue weighted by Crippen LogP contribution is 2.04. The lowest BCUT2D eigenvalue weighted by Crippen LogP contribution is -2.41. The number of hydrogen-bond donors (Lipinski definition) is 1. The van der Waals surface area contributed by atoms with Crippen LogP contribution in [0.25, 0.3) is 0 Å². The molecule has 0 unspecified atom stereocenters. The van der Waals surface area contributed by atoms with Crippen molar-refractivity contribution >= 4 is 5.91 Å². The van der Waals surface area contributed by atoms with Gasteiger partial charge in [0.15, 0.2) is 0 Å². The van der Waals surface area contributed by atoms with E-state index >= 15 is 0 Å². The zero-order valence-electron chi connectivity index (χ0n) is 10.5. The molecule has 1 amide bonds. The van der Waals surface area contributed by atoms with Crippen molar-refractivity contribution in [3.8, 4) is 0 Å². The predicted octanol–water partition coefficient (Wildman–Crippen LogP) is 2.72. The van der Waals surface area contributed by atoms with E-state index in [-0.39, 0.29) is 5.91 Å². The van der Waals surface area contributed by atoms with E-state index in [9.17, 15) is 4.79 Å². The summed E-state index contributed by atoms with van der Waals surface area (Å²) in [6, 6.07) is 0. The molecule has 0 atom stereocenters. The van der Waals surface area contributed by atoms with Crippen molar-refractivity contribution in [2.24, 2.45) is 0 Å². The number of hydrogen-bond acceptors (Lipinski definition) is 2. The molecule has 15 heavy (non-hydrogen) atoms. The van der Waals surface area contributed by atoms with Crippen LogP contribution in [0.5, 0.6) is 0 Å². The van der Waals surface area contributed by atoms with Crippen molar-refractivity contribution < 1.29 is 4.79 Å². The number of amides is 1. The van der Waals surface area contributed by atoms with E-state index in [2.05, 4.69) is 12.3 Å². The second-order valence-electron chi connectivity index (χ2n) is 3.87. The minimum Gasteiger partial charge on any atom is -0.289 e. The summed E-state index contributed by atoms with van der Waals surface area (Å²) in [6.45, 7) is 8.04. The summed E-state index contributed by atoms with van der Waals surface area (Å²) in [6.07, 6.45) is 6.67. The molecule has 0 aromatic heterocycles. The van der Waals surface area contributed by atoms with Crippen molar-refractivity contribution in [1.29, 1.82) is 0 Å². The summed E-state index contributed by atoms with van der Waals surface area (Å²) in [4.78, 5) is 11.5. The number of rotatable bonds is 9. The highest BCUT2D eigenvalue weighted by Gasteiger charge is 2.04. The maximum atomic E-state index is 11.5. The van der Waals surface area contributed by atoms with Gasteiger partial charge in [-0.2, -0.15) is 0 Å². The summed E-state index contributed by atoms with van der Waals surface area (Å²) in [7, 11) is 0. The van der Waals surface area contributed by atoms with Crippen LogP contribution in [0.1, 0.15) is 59.3 Å². The summed E-state index contributed by atoms with van der Waals surface area (Å²) >= 11 is 0. The topological polar surface area (TPSA) is 32.3 Å². The van der Waals surface area contributed by atoms with Crippen LogP contribution in [0.2, 0.25) is 0 Å². The van der Waals surface area contributed by atoms with Gasteiger partial charge < -0.3 is 0 Å². The number of carbonyl (C=O) groups is 1. The molecule has 0 aliphatic rings. The van der Waals surface area contributed by atoms with E-state index < -0.39 is 0 Å². The van der Waals surface area contributed by atoms with Crippen molar-refractivity contribution in [3.05, 3.63) is 0 Å². The fourth-order valence-corrected chi connectivity index (χ4v) is 1.50. The predicted molar refractivity (Wildman–Crippen MR) is 64.4 cm³/mol. The molecule has 0 bridgehead atoms. The first-order valence-electron chi connectivity index (χ1n) is 6.29. The molecule has 0 aromatic rings. The summed E-state index contributed by atoms with van der Waals surface area (Å²) in [5, 5.41) is 1.94. The molecule has 0 saturated heterocycles. The smallest absolute Gasteiger partial charge is 0.234 e. The Morgan fingerprint density at radius 3 is 2.13 bits per heavy atom. The standard InChI is InChI=1S/C12H26N2O/c1-4-7-8-9-10-11-12(15)13-14(5-2)6-3/h4-11H2,1-3H3,(H,13,15). The molecular formula is C12H26N2O. The molecule has 3 heteroatoms. The van der Waals surface area contributed by atoms with Crippen molar-refractivity contribution in [2.45, 2.75) is 59.3 Å². The maximum absolute atomic E-state index is 11.5. The number of unbranched alkanes of at least 4 members (excludes halogenated alkanes) is 4. The van der Waals surface area contributed by atoms with E-state index in [0.29, 0.717) is 6.42 Å². The van der Waals surface area contributed by atoms with Gasteiger partial charge in [0.25, 0.3) is 0 Å². The zero-order valence-corrected chi connectivity index (χ0v) is 10.5. The van der Waals surface area contributed by atoms with Crippen LogP contribution in [-0.4, -0.2) is 24.0 Å². The molecular weight excluding hydrogens is 188 g/mol. The maximum Gasteiger partial charge on any atom is 0.234 e. The molecule has 0 fully saturated rings. The Kier molecular flexibility index (Phi) is 9.59. The first-order chi connectivity index (χ1) is 7.24. The Morgan fingerprint density at radius 1 is 1.00 bits per heavy atom. The van der Waals surface area contributed by atoms with Crippen LogP contribution in [0, 0.1) is 0 Å². The monoisotopic (exact) mass is 214 g/mol. The summed E-state index contributed by atoms with van der Waals surface area (Å²) in [5.74, 6) is 0.162. The number of nitrogens with one attached hydrogen (secondary N) is 1. The van der Waals surface area contributed by atoms with Gasteiger partial charge in [0.05, 0.1) is 0 Å². The van der Waals surface area contributed by atoms with Gasteiger partial charge in [-0.15, -0.1) is 0 Å². The number of carbonyl (C=O) groups excluding carboxylic acids is 1. The molecule has 3 nitrogen and oxygen atoms in total. The van der Waals surface area contributed by atoms with Gasteiger partial charge in [0.2, 0.25) is 5.91 Å². The molecule has 90 valence electrons. The van der Waals surface area contributed by atoms with Gasteiger partial charge in [-0.25, -0.2) is 5.01 Å². The highest BCUT2D eigenvalue weighted by atomic mass is 16.2. The third-order valence-corrected chi connectivity index (χ3v) is 2.55. The third kappa shape index (κ3) is 8.43. The lowest BCUT2D eigenvalue weighted by atomic mass is 10.1. The Labute approximate surface area is 94.2 Å². The van der Waals surface area contributed by atoms with Crippen LogP contribution < -0.4 is 5.43 Å². The van der Waals surface area contributed by atoms with Gasteiger partial charge in [-0.3, -0.25) is 10.2 Å². The summed E-state index contributed by atoms with van der Waals surface area (Å²) < 4.78 is 0. The fourth-order valence-electron chi connectivity index (χ4n) is 1.50. The third-order valence-electron chi connectivity index (χ3n) is 2.55. The van der Waals surface area contributed by atoms with E-state index in [1.807, 2.05) is 18.9 Å². The van der Waals surface area contributed by atoms with Crippen molar-refractivity contribution in [1.82, 2.24) is 10.4 Å². The van der Waals surface area contributed by atoms with Gasteiger partial charge in [-0.1, -0.05) is 46.5 Å². The minimum absolute atomic E-state index is 0.162. The molecule has 0 aromatic carbocycles. The van der Waals surface area contributed by atoms with Crippen LogP contribution in [0.15, 0.2) is 0 Å². The lowest BCUT2D eigenvalue weighted by molar-refractivity contribution is -0.125. The molecule has 0 heterocycles. The second kappa shape index (κ2) is 9.97. The molecule has 0 saturated carbocycles. The Bertz CT molecular complexity index is 156. The number of hydrazine groups is 1. The zero-order chi connectivity index (χ0) is 11.5. The minimum atomic E-state index is 0.162. The van der Waals surface area contributed by atoms with E-state index in [4.69, 9.17) is 0 Å². The normalized spacial score (nSPS) is 10.7. The van der Waals surface area contributed by atoms with Crippen molar-refractivity contribution in [2.75, 3.05) is 13.1 Å². The fraction of sp³-hybridized carbons (Fsp3) is 0.917. The van der Waals surface area contributed by atoms with Gasteiger partial charge in [-0.05, 0) is 6.42 Å². The summed E-state index contributed by atoms with van der Waals surface area (Å²) in [5.41, 5.74) is 2.90. The second-order valence-corrected chi connectivity index (χ2v) is 3.87. The van der Waals surface area contributed by atoms with Gasteiger partial charge in [0.1, 0.15) is 0 Å². The molecule has 0 aliphatic heterocycles. The largest absolute Gasteiger partial charge is 0.289 e. The van der Waals surface area contributed by atoms with E-state index in [0.717, 1.165) is 19.5 Å². The highest BCUT2D eigenvalue weighted by molar-refractivity contribution is 5.75. The van der Waals surface area contributed by atoms with Crippen molar-refractivity contribution in [3.63, 3.8) is 0 Å². The average molecular weight is 214 g/mol. The quantitative estimate of drug-likeness (QED) is 0.473. The first kappa shape index (κ1) is 14.4. The van der Waals surface area contributed by atoms with Crippen LogP contribution >= 0.6 is 0 Å². The molecule has 0 rings (SSSR count). The molecule has 1 N–H and O–H groups in total. The van der Waals surface area contributed by atoms with Gasteiger partial charge >= 0.3 is 0 Å².